The van der Waals surface area contributed by atoms with E-state index in [4.69, 9.17) is 0 Å². The number of carbonyl (C=O) groups is 1. The van der Waals surface area contributed by atoms with Crippen molar-refractivity contribution in [1.29, 1.82) is 0 Å². The second-order valence-corrected chi connectivity index (χ2v) is 6.77. The summed E-state index contributed by atoms with van der Waals surface area (Å²) in [7, 11) is 0. The van der Waals surface area contributed by atoms with Gasteiger partial charge in [0.1, 0.15) is 0 Å². The Bertz CT molecular complexity index is 648. The quantitative estimate of drug-likeness (QED) is 0.837. The number of hydrogen-bond acceptors (Lipinski definition) is 6. The number of aryl methyl sites for hydroxylation is 1. The molecule has 1 atom stereocenters. The van der Waals surface area contributed by atoms with Gasteiger partial charge < -0.3 is 10.6 Å². The predicted molar refractivity (Wildman–Crippen MR) is 81.6 cm³/mol. The first-order valence-electron chi connectivity index (χ1n) is 7.37. The molecule has 1 aliphatic carbocycles. The Labute approximate surface area is 132 Å². The molecule has 3 rings (SSSR count). The second-order valence-electron chi connectivity index (χ2n) is 5.45. The van der Waals surface area contributed by atoms with Crippen molar-refractivity contribution < 1.29 is 4.79 Å². The Hall–Kier alpha value is -2.03. The van der Waals surface area contributed by atoms with E-state index in [0.29, 0.717) is 18.4 Å². The molecule has 2 amide bonds. The van der Waals surface area contributed by atoms with Crippen molar-refractivity contribution in [3.63, 3.8) is 0 Å². The molecular formula is C13H19N7OS. The van der Waals surface area contributed by atoms with E-state index < -0.39 is 0 Å². The van der Waals surface area contributed by atoms with Gasteiger partial charge in [0.2, 0.25) is 0 Å². The van der Waals surface area contributed by atoms with Crippen molar-refractivity contribution in [3.8, 4) is 0 Å². The first-order valence-corrected chi connectivity index (χ1v) is 8.18. The molecule has 118 valence electrons. The fourth-order valence-electron chi connectivity index (χ4n) is 2.18. The zero-order valence-electron chi connectivity index (χ0n) is 12.6. The maximum absolute atomic E-state index is 11.9. The van der Waals surface area contributed by atoms with Gasteiger partial charge in [-0.2, -0.15) is 0 Å². The molecule has 1 saturated carbocycles. The summed E-state index contributed by atoms with van der Waals surface area (Å²) >= 11 is 1.65. The molecule has 1 fully saturated rings. The third kappa shape index (κ3) is 3.59. The van der Waals surface area contributed by atoms with Crippen LogP contribution in [0.5, 0.6) is 0 Å². The summed E-state index contributed by atoms with van der Waals surface area (Å²) in [5, 5.41) is 18.4. The maximum atomic E-state index is 11.9. The van der Waals surface area contributed by atoms with E-state index in [2.05, 4.69) is 31.1 Å². The topological polar surface area (TPSA) is 97.6 Å². The van der Waals surface area contributed by atoms with E-state index in [1.54, 1.807) is 11.3 Å². The SMILES string of the molecule is Cc1cnc(CCNC(=O)N[C@@H](C)c2nnnn2C2CC2)s1. The van der Waals surface area contributed by atoms with Crippen molar-refractivity contribution >= 4 is 17.4 Å². The summed E-state index contributed by atoms with van der Waals surface area (Å²) in [4.78, 5) is 17.4. The van der Waals surface area contributed by atoms with E-state index in [1.165, 1.54) is 4.88 Å². The number of nitrogens with one attached hydrogen (secondary N) is 2. The van der Waals surface area contributed by atoms with E-state index in [-0.39, 0.29) is 12.1 Å². The lowest BCUT2D eigenvalue weighted by Crippen LogP contribution is -2.38. The third-order valence-electron chi connectivity index (χ3n) is 3.44. The number of rotatable bonds is 6. The Morgan fingerprint density at radius 3 is 3.05 bits per heavy atom. The number of nitrogens with zero attached hydrogens (tertiary/aromatic N) is 5. The Morgan fingerprint density at radius 2 is 2.36 bits per heavy atom. The smallest absolute Gasteiger partial charge is 0.315 e. The summed E-state index contributed by atoms with van der Waals surface area (Å²) in [5.74, 6) is 0.702. The zero-order valence-corrected chi connectivity index (χ0v) is 13.4. The van der Waals surface area contributed by atoms with Crippen LogP contribution in [0.1, 0.15) is 47.6 Å². The van der Waals surface area contributed by atoms with Gasteiger partial charge in [-0.1, -0.05) is 0 Å². The van der Waals surface area contributed by atoms with Gasteiger partial charge >= 0.3 is 6.03 Å². The molecule has 2 heterocycles. The number of amides is 2. The van der Waals surface area contributed by atoms with E-state index >= 15 is 0 Å². The van der Waals surface area contributed by atoms with Crippen molar-refractivity contribution in [2.75, 3.05) is 6.54 Å². The van der Waals surface area contributed by atoms with E-state index in [0.717, 1.165) is 24.3 Å². The van der Waals surface area contributed by atoms with Gasteiger partial charge in [-0.3, -0.25) is 0 Å². The molecule has 0 saturated heterocycles. The number of tetrazole rings is 1. The zero-order chi connectivity index (χ0) is 15.5. The summed E-state index contributed by atoms with van der Waals surface area (Å²) < 4.78 is 1.81. The third-order valence-corrected chi connectivity index (χ3v) is 4.41. The first kappa shape index (κ1) is 14.9. The average Bonchev–Trinajstić information content (AvgIpc) is 3.05. The van der Waals surface area contributed by atoms with Crippen LogP contribution in [0.2, 0.25) is 0 Å². The van der Waals surface area contributed by atoms with Gasteiger partial charge in [-0.05, 0) is 37.1 Å². The van der Waals surface area contributed by atoms with Crippen molar-refractivity contribution in [1.82, 2.24) is 35.8 Å². The Morgan fingerprint density at radius 1 is 1.55 bits per heavy atom. The number of hydrogen-bond donors (Lipinski definition) is 2. The highest BCUT2D eigenvalue weighted by molar-refractivity contribution is 7.11. The van der Waals surface area contributed by atoms with Gasteiger partial charge in [0.15, 0.2) is 5.82 Å². The van der Waals surface area contributed by atoms with Crippen molar-refractivity contribution in [3.05, 3.63) is 21.9 Å². The van der Waals surface area contributed by atoms with Gasteiger partial charge in [-0.25, -0.2) is 14.5 Å². The monoisotopic (exact) mass is 321 g/mol. The minimum absolute atomic E-state index is 0.217. The highest BCUT2D eigenvalue weighted by atomic mass is 32.1. The summed E-state index contributed by atoms with van der Waals surface area (Å²) in [6.07, 6.45) is 4.79. The van der Waals surface area contributed by atoms with E-state index in [9.17, 15) is 4.79 Å². The molecule has 0 aromatic carbocycles. The maximum Gasteiger partial charge on any atom is 0.315 e. The summed E-state index contributed by atoms with van der Waals surface area (Å²) in [6, 6.07) is -0.0470. The highest BCUT2D eigenvalue weighted by Gasteiger charge is 2.29. The summed E-state index contributed by atoms with van der Waals surface area (Å²) in [5.41, 5.74) is 0. The number of carbonyl (C=O) groups excluding carboxylic acids is 1. The van der Waals surface area contributed by atoms with Crippen molar-refractivity contribution in [2.24, 2.45) is 0 Å². The average molecular weight is 321 g/mol. The molecule has 22 heavy (non-hydrogen) atoms. The molecular weight excluding hydrogens is 302 g/mol. The standard InChI is InChI=1S/C13H19N7OS/c1-8-7-15-11(22-8)5-6-14-13(21)16-9(2)12-17-18-19-20(12)10-3-4-10/h7,9-10H,3-6H2,1-2H3,(H2,14,16,21)/t9-/m0/s1. The predicted octanol–water partition coefficient (Wildman–Crippen LogP) is 1.38. The normalized spacial score (nSPS) is 15.5. The molecule has 0 spiro atoms. The lowest BCUT2D eigenvalue weighted by molar-refractivity contribution is 0.237. The van der Waals surface area contributed by atoms with Crippen molar-refractivity contribution in [2.45, 2.75) is 45.2 Å². The van der Waals surface area contributed by atoms with Crippen LogP contribution in [0.3, 0.4) is 0 Å². The number of urea groups is 1. The van der Waals surface area contributed by atoms with Crippen LogP contribution in [-0.4, -0.2) is 37.8 Å². The van der Waals surface area contributed by atoms with Crippen LogP contribution in [-0.2, 0) is 6.42 Å². The number of aromatic nitrogens is 5. The molecule has 2 aromatic heterocycles. The molecule has 0 bridgehead atoms. The lowest BCUT2D eigenvalue weighted by atomic mass is 10.3. The van der Waals surface area contributed by atoms with E-state index in [1.807, 2.05) is 24.7 Å². The molecule has 8 nitrogen and oxygen atoms in total. The molecule has 2 aromatic rings. The molecule has 0 radical (unpaired) electrons. The van der Waals surface area contributed by atoms with Crippen LogP contribution >= 0.6 is 11.3 Å². The minimum atomic E-state index is -0.224. The Kier molecular flexibility index (Phi) is 4.32. The molecule has 0 unspecified atom stereocenters. The largest absolute Gasteiger partial charge is 0.338 e. The second kappa shape index (κ2) is 6.39. The number of thiazole rings is 1. The Balaban J connectivity index is 1.45. The highest BCUT2D eigenvalue weighted by Crippen LogP contribution is 2.35. The first-order chi connectivity index (χ1) is 10.6. The van der Waals surface area contributed by atoms with Crippen LogP contribution in [0.4, 0.5) is 4.79 Å². The molecule has 0 aliphatic heterocycles. The lowest BCUT2D eigenvalue weighted by Gasteiger charge is -2.14. The van der Waals surface area contributed by atoms with Crippen LogP contribution in [0, 0.1) is 6.92 Å². The summed E-state index contributed by atoms with van der Waals surface area (Å²) in [6.45, 7) is 4.46. The minimum Gasteiger partial charge on any atom is -0.338 e. The van der Waals surface area contributed by atoms with Gasteiger partial charge in [0, 0.05) is 24.0 Å². The fourth-order valence-corrected chi connectivity index (χ4v) is 2.96. The fraction of sp³-hybridized carbons (Fsp3) is 0.615. The van der Waals surface area contributed by atoms with Crippen LogP contribution in [0.15, 0.2) is 6.20 Å². The molecule has 2 N–H and O–H groups in total. The van der Waals surface area contributed by atoms with Crippen LogP contribution in [0.25, 0.3) is 0 Å². The molecule has 9 heteroatoms. The molecule has 1 aliphatic rings. The van der Waals surface area contributed by atoms with Gasteiger partial charge in [0.05, 0.1) is 17.1 Å². The van der Waals surface area contributed by atoms with Crippen LogP contribution < -0.4 is 10.6 Å². The van der Waals surface area contributed by atoms with Gasteiger partial charge in [0.25, 0.3) is 0 Å². The van der Waals surface area contributed by atoms with Gasteiger partial charge in [-0.15, -0.1) is 16.4 Å².